The molecule has 2 unspecified atom stereocenters. The van der Waals surface area contributed by atoms with Crippen molar-refractivity contribution < 1.29 is 9.53 Å². The van der Waals surface area contributed by atoms with Crippen LogP contribution in [0.15, 0.2) is 29.3 Å². The van der Waals surface area contributed by atoms with E-state index in [0.29, 0.717) is 12.6 Å². The summed E-state index contributed by atoms with van der Waals surface area (Å²) < 4.78 is 5.49. The van der Waals surface area contributed by atoms with Crippen molar-refractivity contribution >= 4 is 41.5 Å². The lowest BCUT2D eigenvalue weighted by molar-refractivity contribution is -0.121. The fraction of sp³-hybridized carbons (Fsp3) is 0.619. The summed E-state index contributed by atoms with van der Waals surface area (Å²) in [5, 5.41) is 6.97. The zero-order valence-corrected chi connectivity index (χ0v) is 19.3. The van der Waals surface area contributed by atoms with Gasteiger partial charge in [-0.2, -0.15) is 0 Å². The average Bonchev–Trinajstić information content (AvgIpc) is 2.71. The molecule has 28 heavy (non-hydrogen) atoms. The van der Waals surface area contributed by atoms with Gasteiger partial charge in [-0.3, -0.25) is 9.79 Å². The minimum Gasteiger partial charge on any atom is -0.482 e. The van der Waals surface area contributed by atoms with Crippen molar-refractivity contribution in [3.8, 4) is 5.75 Å². The summed E-state index contributed by atoms with van der Waals surface area (Å²) in [5.74, 6) is 2.50. The molecular formula is C21H33IN4O2. The number of amides is 1. The van der Waals surface area contributed by atoms with Gasteiger partial charge >= 0.3 is 0 Å². The highest BCUT2D eigenvalue weighted by atomic mass is 127. The summed E-state index contributed by atoms with van der Waals surface area (Å²) in [6, 6.07) is 8.23. The summed E-state index contributed by atoms with van der Waals surface area (Å²) in [4.78, 5) is 18.4. The first-order chi connectivity index (χ1) is 13.2. The summed E-state index contributed by atoms with van der Waals surface area (Å²) in [7, 11) is 1.82. The monoisotopic (exact) mass is 500 g/mol. The number of nitrogens with zero attached hydrogens (tertiary/aromatic N) is 2. The minimum atomic E-state index is 0. The highest BCUT2D eigenvalue weighted by Gasteiger charge is 2.24. The lowest BCUT2D eigenvalue weighted by atomic mass is 9.84. The summed E-state index contributed by atoms with van der Waals surface area (Å²) >= 11 is 0. The molecule has 1 aliphatic heterocycles. The zero-order valence-electron chi connectivity index (χ0n) is 16.9. The van der Waals surface area contributed by atoms with Gasteiger partial charge in [0, 0.05) is 26.2 Å². The van der Waals surface area contributed by atoms with Gasteiger partial charge in [-0.05, 0) is 37.3 Å². The molecule has 0 bridgehead atoms. The van der Waals surface area contributed by atoms with Crippen molar-refractivity contribution in [3.63, 3.8) is 0 Å². The second kappa shape index (κ2) is 11.5. The number of halogens is 1. The maximum atomic E-state index is 12.2. The maximum Gasteiger partial charge on any atom is 0.265 e. The molecule has 1 saturated carbocycles. The van der Waals surface area contributed by atoms with Crippen LogP contribution in [0.25, 0.3) is 0 Å². The molecule has 0 aromatic heterocycles. The van der Waals surface area contributed by atoms with E-state index in [1.54, 1.807) is 0 Å². The number of rotatable bonds is 6. The normalized spacial score (nSPS) is 22.0. The fourth-order valence-corrected chi connectivity index (χ4v) is 4.02. The second-order valence-electron chi connectivity index (χ2n) is 7.44. The highest BCUT2D eigenvalue weighted by Crippen LogP contribution is 2.31. The Morgan fingerprint density at radius 3 is 2.93 bits per heavy atom. The first-order valence-electron chi connectivity index (χ1n) is 10.2. The van der Waals surface area contributed by atoms with Crippen LogP contribution in [0.1, 0.15) is 45.4 Å². The first-order valence-corrected chi connectivity index (χ1v) is 10.2. The van der Waals surface area contributed by atoms with Gasteiger partial charge < -0.3 is 20.3 Å². The van der Waals surface area contributed by atoms with Crippen LogP contribution in [0.4, 0.5) is 5.69 Å². The minimum absolute atomic E-state index is 0. The van der Waals surface area contributed by atoms with E-state index < -0.39 is 0 Å². The second-order valence-corrected chi connectivity index (χ2v) is 7.44. The van der Waals surface area contributed by atoms with Crippen molar-refractivity contribution in [1.29, 1.82) is 0 Å². The van der Waals surface area contributed by atoms with E-state index in [0.717, 1.165) is 36.3 Å². The Kier molecular flexibility index (Phi) is 9.34. The van der Waals surface area contributed by atoms with Gasteiger partial charge in [-0.25, -0.2) is 0 Å². The van der Waals surface area contributed by atoms with Gasteiger partial charge in [0.2, 0.25) is 0 Å². The highest BCUT2D eigenvalue weighted by molar-refractivity contribution is 14.0. The molecule has 1 aromatic rings. The first kappa shape index (κ1) is 22.8. The number of carbonyl (C=O) groups excluding carboxylic acids is 1. The number of ether oxygens (including phenoxy) is 1. The van der Waals surface area contributed by atoms with Crippen LogP contribution in [0, 0.1) is 5.92 Å². The number of carbonyl (C=O) groups is 1. The number of guanidine groups is 1. The molecule has 7 heteroatoms. The third-order valence-corrected chi connectivity index (χ3v) is 5.58. The van der Waals surface area contributed by atoms with Crippen molar-refractivity contribution in [2.75, 3.05) is 31.6 Å². The number of hydrogen-bond donors (Lipinski definition) is 2. The smallest absolute Gasteiger partial charge is 0.265 e. The maximum absolute atomic E-state index is 12.2. The SMILES string of the molecule is CCC1CCCC(NC(=NC)NCCCN2C(=O)COc3ccccc32)C1.I. The van der Waals surface area contributed by atoms with Crippen molar-refractivity contribution in [2.24, 2.45) is 10.9 Å². The third kappa shape index (κ3) is 5.99. The quantitative estimate of drug-likeness (QED) is 0.272. The van der Waals surface area contributed by atoms with E-state index in [2.05, 4.69) is 22.5 Å². The zero-order chi connectivity index (χ0) is 19.1. The number of aliphatic imine (C=N–C) groups is 1. The van der Waals surface area contributed by atoms with Crippen LogP contribution in [0.3, 0.4) is 0 Å². The van der Waals surface area contributed by atoms with Crippen molar-refractivity contribution in [1.82, 2.24) is 10.6 Å². The lowest BCUT2D eigenvalue weighted by Crippen LogP contribution is -2.46. The third-order valence-electron chi connectivity index (χ3n) is 5.58. The molecule has 1 aromatic carbocycles. The van der Waals surface area contributed by atoms with E-state index in [4.69, 9.17) is 4.74 Å². The number of para-hydroxylation sites is 2. The van der Waals surface area contributed by atoms with E-state index in [-0.39, 0.29) is 36.5 Å². The van der Waals surface area contributed by atoms with E-state index in [9.17, 15) is 4.79 Å². The van der Waals surface area contributed by atoms with Crippen molar-refractivity contribution in [2.45, 2.75) is 51.5 Å². The van der Waals surface area contributed by atoms with Crippen LogP contribution in [-0.2, 0) is 4.79 Å². The van der Waals surface area contributed by atoms with Crippen LogP contribution in [0.5, 0.6) is 5.75 Å². The molecule has 1 aliphatic carbocycles. The molecular weight excluding hydrogens is 467 g/mol. The van der Waals surface area contributed by atoms with Gasteiger partial charge in [0.05, 0.1) is 5.69 Å². The number of nitrogens with one attached hydrogen (secondary N) is 2. The van der Waals surface area contributed by atoms with Crippen LogP contribution >= 0.6 is 24.0 Å². The molecule has 2 aliphatic rings. The predicted molar refractivity (Wildman–Crippen MR) is 125 cm³/mol. The Bertz CT molecular complexity index is 668. The Hall–Kier alpha value is -1.51. The van der Waals surface area contributed by atoms with Crippen molar-refractivity contribution in [3.05, 3.63) is 24.3 Å². The molecule has 1 heterocycles. The van der Waals surface area contributed by atoms with Gasteiger partial charge in [0.15, 0.2) is 12.6 Å². The van der Waals surface area contributed by atoms with E-state index in [1.165, 1.54) is 32.1 Å². The Labute approximate surface area is 185 Å². The largest absolute Gasteiger partial charge is 0.482 e. The summed E-state index contributed by atoms with van der Waals surface area (Å²) in [6.07, 6.45) is 7.22. The molecule has 1 fully saturated rings. The van der Waals surface area contributed by atoms with Crippen LogP contribution in [0.2, 0.25) is 0 Å². The molecule has 3 rings (SSSR count). The van der Waals surface area contributed by atoms with Gasteiger partial charge in [-0.15, -0.1) is 24.0 Å². The number of hydrogen-bond acceptors (Lipinski definition) is 3. The number of fused-ring (bicyclic) bond motifs is 1. The number of anilines is 1. The van der Waals surface area contributed by atoms with Crippen LogP contribution in [-0.4, -0.2) is 44.7 Å². The van der Waals surface area contributed by atoms with Crippen LogP contribution < -0.4 is 20.3 Å². The number of benzene rings is 1. The molecule has 0 radical (unpaired) electrons. The molecule has 6 nitrogen and oxygen atoms in total. The summed E-state index contributed by atoms with van der Waals surface area (Å²) in [6.45, 7) is 3.85. The van der Waals surface area contributed by atoms with Gasteiger partial charge in [0.1, 0.15) is 5.75 Å². The topological polar surface area (TPSA) is 66.0 Å². The molecule has 2 atom stereocenters. The fourth-order valence-electron chi connectivity index (χ4n) is 4.02. The molecule has 2 N–H and O–H groups in total. The van der Waals surface area contributed by atoms with Gasteiger partial charge in [0.25, 0.3) is 5.91 Å². The predicted octanol–water partition coefficient (Wildman–Crippen LogP) is 3.55. The Balaban J connectivity index is 0.00000280. The summed E-state index contributed by atoms with van der Waals surface area (Å²) in [5.41, 5.74) is 0.865. The molecule has 1 amide bonds. The Morgan fingerprint density at radius 1 is 1.32 bits per heavy atom. The van der Waals surface area contributed by atoms with E-state index >= 15 is 0 Å². The van der Waals surface area contributed by atoms with E-state index in [1.807, 2.05) is 36.2 Å². The van der Waals surface area contributed by atoms with Gasteiger partial charge in [-0.1, -0.05) is 38.3 Å². The molecule has 0 saturated heterocycles. The lowest BCUT2D eigenvalue weighted by Gasteiger charge is -2.31. The average molecular weight is 500 g/mol. The molecule has 156 valence electrons. The Morgan fingerprint density at radius 2 is 2.14 bits per heavy atom. The molecule has 0 spiro atoms. The standard InChI is InChI=1S/C21H32N4O2.HI/c1-3-16-8-6-9-17(14-16)24-21(22-2)23-12-7-13-25-18-10-4-5-11-19(18)27-15-20(25)26;/h4-5,10-11,16-17H,3,6-9,12-15H2,1-2H3,(H2,22,23,24);1H.